The van der Waals surface area contributed by atoms with E-state index < -0.39 is 0 Å². The molecule has 2 heterocycles. The van der Waals surface area contributed by atoms with Gasteiger partial charge < -0.3 is 10.1 Å². The van der Waals surface area contributed by atoms with Gasteiger partial charge >= 0.3 is 0 Å². The Bertz CT molecular complexity index is 325. The second kappa shape index (κ2) is 10.7. The molecule has 19 heavy (non-hydrogen) atoms. The summed E-state index contributed by atoms with van der Waals surface area (Å²) in [6.45, 7) is 14.9. The van der Waals surface area contributed by atoms with Crippen molar-refractivity contribution < 1.29 is 4.74 Å². The molecule has 110 valence electrons. The van der Waals surface area contributed by atoms with Gasteiger partial charge in [-0.05, 0) is 5.92 Å². The van der Waals surface area contributed by atoms with Crippen molar-refractivity contribution in [2.45, 2.75) is 47.5 Å². The van der Waals surface area contributed by atoms with Crippen molar-refractivity contribution in [1.82, 2.24) is 9.97 Å². The van der Waals surface area contributed by atoms with Gasteiger partial charge in [-0.3, -0.25) is 0 Å². The fourth-order valence-corrected chi connectivity index (χ4v) is 1.44. The summed E-state index contributed by atoms with van der Waals surface area (Å²) in [6.07, 6.45) is 1.62. The standard InChI is InChI=1S/C11H17N3O.2C2H6/c1-8(2)10-3-11(14-7-13-10)12-4-9-5-15-6-9;2*1-2/h3,7-9H,4-6H2,1-2H3,(H,12,13,14);2*1-2H3. The Morgan fingerprint density at radius 3 is 2.32 bits per heavy atom. The third-order valence-electron chi connectivity index (χ3n) is 2.56. The van der Waals surface area contributed by atoms with Crippen molar-refractivity contribution in [1.29, 1.82) is 0 Å². The Hall–Kier alpha value is -1.16. The highest BCUT2D eigenvalue weighted by molar-refractivity contribution is 5.35. The monoisotopic (exact) mass is 267 g/mol. The van der Waals surface area contributed by atoms with Crippen LogP contribution in [0.2, 0.25) is 0 Å². The molecule has 1 saturated heterocycles. The van der Waals surface area contributed by atoms with Crippen LogP contribution in [-0.4, -0.2) is 29.7 Å². The van der Waals surface area contributed by atoms with Gasteiger partial charge in [-0.25, -0.2) is 9.97 Å². The Labute approximate surface area is 118 Å². The molecule has 0 aromatic carbocycles. The van der Waals surface area contributed by atoms with Crippen LogP contribution in [0.3, 0.4) is 0 Å². The van der Waals surface area contributed by atoms with Crippen LogP contribution < -0.4 is 5.32 Å². The van der Waals surface area contributed by atoms with Gasteiger partial charge in [0.25, 0.3) is 0 Å². The zero-order chi connectivity index (χ0) is 14.7. The Morgan fingerprint density at radius 2 is 1.84 bits per heavy atom. The second-order valence-corrected chi connectivity index (χ2v) is 4.27. The maximum Gasteiger partial charge on any atom is 0.129 e. The van der Waals surface area contributed by atoms with E-state index in [0.717, 1.165) is 31.3 Å². The van der Waals surface area contributed by atoms with Crippen LogP contribution in [0.25, 0.3) is 0 Å². The van der Waals surface area contributed by atoms with Crippen LogP contribution in [-0.2, 0) is 4.74 Å². The third kappa shape index (κ3) is 6.53. The second-order valence-electron chi connectivity index (χ2n) is 4.27. The van der Waals surface area contributed by atoms with E-state index in [0.29, 0.717) is 11.8 Å². The topological polar surface area (TPSA) is 47.0 Å². The van der Waals surface area contributed by atoms with Crippen molar-refractivity contribution in [3.05, 3.63) is 18.1 Å². The van der Waals surface area contributed by atoms with Gasteiger partial charge in [0.15, 0.2) is 0 Å². The molecule has 0 spiro atoms. The molecular formula is C15H29N3O. The smallest absolute Gasteiger partial charge is 0.129 e. The van der Waals surface area contributed by atoms with Gasteiger partial charge in [0.1, 0.15) is 12.1 Å². The van der Waals surface area contributed by atoms with E-state index >= 15 is 0 Å². The lowest BCUT2D eigenvalue weighted by Gasteiger charge is -2.26. The van der Waals surface area contributed by atoms with Crippen LogP contribution in [0.5, 0.6) is 0 Å². The molecule has 1 fully saturated rings. The van der Waals surface area contributed by atoms with Crippen molar-refractivity contribution >= 4 is 5.82 Å². The average molecular weight is 267 g/mol. The molecule has 1 aliphatic rings. The highest BCUT2D eigenvalue weighted by Crippen LogP contribution is 2.15. The minimum Gasteiger partial charge on any atom is -0.381 e. The number of rotatable bonds is 4. The van der Waals surface area contributed by atoms with Gasteiger partial charge in [0, 0.05) is 24.2 Å². The van der Waals surface area contributed by atoms with E-state index in [1.807, 2.05) is 33.8 Å². The van der Waals surface area contributed by atoms with Crippen LogP contribution in [0.15, 0.2) is 12.4 Å². The fraction of sp³-hybridized carbons (Fsp3) is 0.733. The maximum atomic E-state index is 5.11. The fourth-order valence-electron chi connectivity index (χ4n) is 1.44. The summed E-state index contributed by atoms with van der Waals surface area (Å²) in [5.74, 6) is 2.00. The lowest BCUT2D eigenvalue weighted by Crippen LogP contribution is -2.33. The highest BCUT2D eigenvalue weighted by atomic mass is 16.5. The van der Waals surface area contributed by atoms with Crippen LogP contribution in [0.1, 0.15) is 53.2 Å². The molecule has 0 aliphatic carbocycles. The summed E-state index contributed by atoms with van der Waals surface area (Å²) in [5, 5.41) is 3.31. The van der Waals surface area contributed by atoms with Crippen LogP contribution in [0, 0.1) is 5.92 Å². The summed E-state index contributed by atoms with van der Waals surface area (Å²) in [6, 6.07) is 2.02. The number of ether oxygens (including phenoxy) is 1. The zero-order valence-corrected chi connectivity index (χ0v) is 13.2. The van der Waals surface area contributed by atoms with Crippen LogP contribution in [0.4, 0.5) is 5.82 Å². The largest absolute Gasteiger partial charge is 0.381 e. The maximum absolute atomic E-state index is 5.11. The first-order chi connectivity index (χ1) is 9.25. The Kier molecular flexibility index (Phi) is 10.1. The molecule has 0 unspecified atom stereocenters. The van der Waals surface area contributed by atoms with Gasteiger partial charge in [-0.1, -0.05) is 41.5 Å². The number of aromatic nitrogens is 2. The van der Waals surface area contributed by atoms with Gasteiger partial charge in [-0.15, -0.1) is 0 Å². The highest BCUT2D eigenvalue weighted by Gasteiger charge is 2.17. The molecule has 4 nitrogen and oxygen atoms in total. The first kappa shape index (κ1) is 17.8. The Morgan fingerprint density at radius 1 is 1.21 bits per heavy atom. The third-order valence-corrected chi connectivity index (χ3v) is 2.56. The SMILES string of the molecule is CC.CC.CC(C)c1cc(NCC2COC2)ncn1. The number of hydrogen-bond donors (Lipinski definition) is 1. The number of nitrogens with zero attached hydrogens (tertiary/aromatic N) is 2. The molecule has 0 atom stereocenters. The van der Waals surface area contributed by atoms with Crippen molar-refractivity contribution in [2.75, 3.05) is 25.1 Å². The minimum absolute atomic E-state index is 0.445. The van der Waals surface area contributed by atoms with Crippen LogP contribution >= 0.6 is 0 Å². The Balaban J connectivity index is 0.000000741. The number of hydrogen-bond acceptors (Lipinski definition) is 4. The predicted octanol–water partition coefficient (Wildman–Crippen LogP) is 3.71. The first-order valence-corrected chi connectivity index (χ1v) is 7.39. The molecule has 4 heteroatoms. The average Bonchev–Trinajstić information content (AvgIpc) is 2.42. The minimum atomic E-state index is 0.445. The summed E-state index contributed by atoms with van der Waals surface area (Å²) in [5.41, 5.74) is 1.08. The number of nitrogens with one attached hydrogen (secondary N) is 1. The first-order valence-electron chi connectivity index (χ1n) is 7.39. The normalized spacial score (nSPS) is 13.6. The lowest BCUT2D eigenvalue weighted by atomic mass is 10.1. The van der Waals surface area contributed by atoms with Crippen molar-refractivity contribution in [3.8, 4) is 0 Å². The van der Waals surface area contributed by atoms with E-state index in [1.54, 1.807) is 6.33 Å². The van der Waals surface area contributed by atoms with E-state index in [-0.39, 0.29) is 0 Å². The molecule has 0 bridgehead atoms. The molecule has 1 aliphatic heterocycles. The molecule has 1 aromatic rings. The van der Waals surface area contributed by atoms with Gasteiger partial charge in [0.05, 0.1) is 13.2 Å². The quantitative estimate of drug-likeness (QED) is 0.903. The summed E-state index contributed by atoms with van der Waals surface area (Å²) < 4.78 is 5.11. The molecule has 1 aromatic heterocycles. The molecule has 0 amide bonds. The lowest BCUT2D eigenvalue weighted by molar-refractivity contribution is -0.0248. The summed E-state index contributed by atoms with van der Waals surface area (Å²) in [7, 11) is 0. The number of anilines is 1. The van der Waals surface area contributed by atoms with Gasteiger partial charge in [-0.2, -0.15) is 0 Å². The van der Waals surface area contributed by atoms with Gasteiger partial charge in [0.2, 0.25) is 0 Å². The van der Waals surface area contributed by atoms with Crippen molar-refractivity contribution in [2.24, 2.45) is 5.92 Å². The molecule has 0 saturated carbocycles. The van der Waals surface area contributed by atoms with E-state index in [9.17, 15) is 0 Å². The summed E-state index contributed by atoms with van der Waals surface area (Å²) >= 11 is 0. The zero-order valence-electron chi connectivity index (χ0n) is 13.2. The molecule has 1 N–H and O–H groups in total. The molecular weight excluding hydrogens is 238 g/mol. The van der Waals surface area contributed by atoms with E-state index in [2.05, 4.69) is 29.1 Å². The molecule has 2 rings (SSSR count). The predicted molar refractivity (Wildman–Crippen MR) is 81.6 cm³/mol. The van der Waals surface area contributed by atoms with E-state index in [1.165, 1.54) is 0 Å². The summed E-state index contributed by atoms with van der Waals surface area (Å²) in [4.78, 5) is 8.41. The van der Waals surface area contributed by atoms with E-state index in [4.69, 9.17) is 4.74 Å². The molecule has 0 radical (unpaired) electrons. The van der Waals surface area contributed by atoms with Crippen molar-refractivity contribution in [3.63, 3.8) is 0 Å².